The van der Waals surface area contributed by atoms with Crippen LogP contribution in [0.3, 0.4) is 0 Å². The summed E-state index contributed by atoms with van der Waals surface area (Å²) in [4.78, 5) is 10.6. The van der Waals surface area contributed by atoms with Crippen LogP contribution in [0, 0.1) is 0 Å². The zero-order valence-electron chi connectivity index (χ0n) is 14.5. The highest BCUT2D eigenvalue weighted by atomic mass is 35.5. The summed E-state index contributed by atoms with van der Waals surface area (Å²) in [5.41, 5.74) is 0. The second-order valence-corrected chi connectivity index (χ2v) is 8.38. The van der Waals surface area contributed by atoms with E-state index >= 15 is 0 Å². The van der Waals surface area contributed by atoms with Gasteiger partial charge in [0.15, 0.2) is 0 Å². The molecule has 142 valence electrons. The van der Waals surface area contributed by atoms with Gasteiger partial charge in [0, 0.05) is 18.0 Å². The number of hydrogen-bond acceptors (Lipinski definition) is 3. The lowest BCUT2D eigenvalue weighted by Gasteiger charge is -2.07. The van der Waals surface area contributed by atoms with Gasteiger partial charge < -0.3 is 5.11 Å². The number of hydrogen-bond donors (Lipinski definition) is 2. The fourth-order valence-corrected chi connectivity index (χ4v) is 3.74. The third-order valence-electron chi connectivity index (χ3n) is 3.98. The van der Waals surface area contributed by atoms with Gasteiger partial charge in [-0.15, -0.1) is 0 Å². The first-order valence-corrected chi connectivity index (χ1v) is 10.7. The number of carboxylic acid groups (broad SMARTS) is 1. The molecule has 0 unspecified atom stereocenters. The minimum Gasteiger partial charge on any atom is -0.481 e. The maximum absolute atomic E-state index is 12.1. The van der Waals surface area contributed by atoms with Crippen molar-refractivity contribution in [3.05, 3.63) is 29.3 Å². The molecule has 1 rings (SSSR count). The summed E-state index contributed by atoms with van der Waals surface area (Å²) < 4.78 is 26.7. The molecule has 0 saturated heterocycles. The van der Waals surface area contributed by atoms with Crippen LogP contribution in [0.4, 0.5) is 0 Å². The van der Waals surface area contributed by atoms with Crippen LogP contribution in [0.25, 0.3) is 0 Å². The Bertz CT molecular complexity index is 602. The average Bonchev–Trinajstić information content (AvgIpc) is 2.56. The Kier molecular flexibility index (Phi) is 10.8. The summed E-state index contributed by atoms with van der Waals surface area (Å²) >= 11 is 5.76. The largest absolute Gasteiger partial charge is 0.481 e. The van der Waals surface area contributed by atoms with Gasteiger partial charge in [-0.25, -0.2) is 13.1 Å². The molecule has 0 aliphatic heterocycles. The SMILES string of the molecule is O=C(O)CCCCCCCCCCCNS(=O)(=O)c1ccc(Cl)cc1. The molecule has 0 radical (unpaired) electrons. The van der Waals surface area contributed by atoms with Crippen molar-refractivity contribution < 1.29 is 18.3 Å². The molecule has 25 heavy (non-hydrogen) atoms. The molecule has 2 N–H and O–H groups in total. The van der Waals surface area contributed by atoms with Gasteiger partial charge in [-0.3, -0.25) is 4.79 Å². The molecular formula is C18H28ClNO4S. The van der Waals surface area contributed by atoms with Crippen LogP contribution < -0.4 is 4.72 Å². The van der Waals surface area contributed by atoms with Gasteiger partial charge in [-0.2, -0.15) is 0 Å². The molecule has 0 aromatic heterocycles. The number of benzene rings is 1. The van der Waals surface area contributed by atoms with Gasteiger partial charge in [-0.1, -0.05) is 56.5 Å². The number of rotatable bonds is 14. The molecule has 1 aromatic rings. The summed E-state index contributed by atoms with van der Waals surface area (Å²) in [5, 5.41) is 9.05. The monoisotopic (exact) mass is 389 g/mol. The number of nitrogens with one attached hydrogen (secondary N) is 1. The number of aliphatic carboxylic acids is 1. The summed E-state index contributed by atoms with van der Waals surface area (Å²) in [6.45, 7) is 0.445. The van der Waals surface area contributed by atoms with E-state index in [-0.39, 0.29) is 11.3 Å². The molecule has 0 aliphatic rings. The van der Waals surface area contributed by atoms with Crippen molar-refractivity contribution in [3.63, 3.8) is 0 Å². The maximum Gasteiger partial charge on any atom is 0.303 e. The molecule has 0 amide bonds. The van der Waals surface area contributed by atoms with Crippen molar-refractivity contribution in [2.24, 2.45) is 0 Å². The summed E-state index contributed by atoms with van der Waals surface area (Å²) in [7, 11) is -3.44. The fourth-order valence-electron chi connectivity index (χ4n) is 2.54. The molecule has 0 spiro atoms. The van der Waals surface area contributed by atoms with Gasteiger partial charge >= 0.3 is 5.97 Å². The highest BCUT2D eigenvalue weighted by molar-refractivity contribution is 7.89. The molecule has 5 nitrogen and oxygen atoms in total. The van der Waals surface area contributed by atoms with Crippen LogP contribution in [-0.4, -0.2) is 26.0 Å². The van der Waals surface area contributed by atoms with Crippen LogP contribution in [0.2, 0.25) is 5.02 Å². The molecule has 0 atom stereocenters. The van der Waals surface area contributed by atoms with Crippen LogP contribution in [-0.2, 0) is 14.8 Å². The van der Waals surface area contributed by atoms with Crippen molar-refractivity contribution >= 4 is 27.6 Å². The third-order valence-corrected chi connectivity index (χ3v) is 5.71. The molecule has 0 saturated carbocycles. The van der Waals surface area contributed by atoms with Crippen molar-refractivity contribution in [1.82, 2.24) is 4.72 Å². The van der Waals surface area contributed by atoms with E-state index in [1.807, 2.05) is 0 Å². The van der Waals surface area contributed by atoms with Crippen molar-refractivity contribution in [1.29, 1.82) is 0 Å². The Morgan fingerprint density at radius 3 is 1.88 bits per heavy atom. The third kappa shape index (κ3) is 10.5. The van der Waals surface area contributed by atoms with Gasteiger partial charge in [0.05, 0.1) is 4.90 Å². The van der Waals surface area contributed by atoms with Crippen molar-refractivity contribution in [3.8, 4) is 0 Å². The lowest BCUT2D eigenvalue weighted by Crippen LogP contribution is -2.24. The predicted molar refractivity (Wildman–Crippen MR) is 100 cm³/mol. The van der Waals surface area contributed by atoms with Crippen LogP contribution in [0.5, 0.6) is 0 Å². The molecule has 0 bridgehead atoms. The second kappa shape index (κ2) is 12.3. The summed E-state index contributed by atoms with van der Waals surface area (Å²) in [5.74, 6) is -0.716. The minimum absolute atomic E-state index is 0.236. The molecule has 1 aromatic carbocycles. The van der Waals surface area contributed by atoms with E-state index in [4.69, 9.17) is 16.7 Å². The fraction of sp³-hybridized carbons (Fsp3) is 0.611. The number of carboxylic acids is 1. The quantitative estimate of drug-likeness (QED) is 0.455. The van der Waals surface area contributed by atoms with E-state index in [1.165, 1.54) is 12.1 Å². The number of unbranched alkanes of at least 4 members (excludes halogenated alkanes) is 8. The second-order valence-electron chi connectivity index (χ2n) is 6.18. The average molecular weight is 390 g/mol. The Morgan fingerprint density at radius 1 is 0.880 bits per heavy atom. The summed E-state index contributed by atoms with van der Waals surface area (Å²) in [6.07, 6.45) is 9.47. The first-order valence-electron chi connectivity index (χ1n) is 8.89. The highest BCUT2D eigenvalue weighted by Crippen LogP contribution is 2.14. The number of sulfonamides is 1. The Balaban J connectivity index is 1.99. The Labute approximate surface area is 155 Å². The predicted octanol–water partition coefficient (Wildman–Crippen LogP) is 4.60. The zero-order valence-corrected chi connectivity index (χ0v) is 16.1. The molecule has 0 aliphatic carbocycles. The Morgan fingerprint density at radius 2 is 1.36 bits per heavy atom. The van der Waals surface area contributed by atoms with Crippen molar-refractivity contribution in [2.45, 2.75) is 69.1 Å². The Hall–Kier alpha value is -1.11. The summed E-state index contributed by atoms with van der Waals surface area (Å²) in [6, 6.07) is 6.14. The van der Waals surface area contributed by atoms with E-state index in [0.29, 0.717) is 11.6 Å². The van der Waals surface area contributed by atoms with E-state index < -0.39 is 16.0 Å². The highest BCUT2D eigenvalue weighted by Gasteiger charge is 2.12. The van der Waals surface area contributed by atoms with Gasteiger partial charge in [-0.05, 0) is 37.1 Å². The minimum atomic E-state index is -3.44. The van der Waals surface area contributed by atoms with Gasteiger partial charge in [0.1, 0.15) is 0 Å². The molecule has 7 heteroatoms. The maximum atomic E-state index is 12.1. The van der Waals surface area contributed by atoms with E-state index in [1.54, 1.807) is 12.1 Å². The number of halogens is 1. The first-order chi connectivity index (χ1) is 11.9. The van der Waals surface area contributed by atoms with Crippen LogP contribution in [0.1, 0.15) is 64.2 Å². The van der Waals surface area contributed by atoms with Crippen LogP contribution in [0.15, 0.2) is 29.2 Å². The van der Waals surface area contributed by atoms with Crippen molar-refractivity contribution in [2.75, 3.05) is 6.54 Å². The lowest BCUT2D eigenvalue weighted by atomic mass is 10.1. The number of carbonyl (C=O) groups is 1. The van der Waals surface area contributed by atoms with E-state index in [0.717, 1.165) is 57.8 Å². The van der Waals surface area contributed by atoms with E-state index in [2.05, 4.69) is 4.72 Å². The molecular weight excluding hydrogens is 362 g/mol. The smallest absolute Gasteiger partial charge is 0.303 e. The van der Waals surface area contributed by atoms with E-state index in [9.17, 15) is 13.2 Å². The van der Waals surface area contributed by atoms with Gasteiger partial charge in [0.25, 0.3) is 0 Å². The standard InChI is InChI=1S/C18H28ClNO4S/c19-16-11-13-17(14-12-16)25(23,24)20-15-9-7-5-3-1-2-4-6-8-10-18(21)22/h11-14,20H,1-10,15H2,(H,21,22). The normalized spacial score (nSPS) is 11.6. The lowest BCUT2D eigenvalue weighted by molar-refractivity contribution is -0.137. The van der Waals surface area contributed by atoms with Crippen LogP contribution >= 0.6 is 11.6 Å². The topological polar surface area (TPSA) is 83.5 Å². The zero-order chi connectivity index (χ0) is 18.5. The van der Waals surface area contributed by atoms with Gasteiger partial charge in [0.2, 0.25) is 10.0 Å². The molecule has 0 heterocycles. The first kappa shape index (κ1) is 21.9. The molecule has 0 fully saturated rings.